The first-order valence-corrected chi connectivity index (χ1v) is 4.39. The van der Waals surface area contributed by atoms with E-state index in [0.29, 0.717) is 0 Å². The molecule has 1 N–H and O–H groups in total. The van der Waals surface area contributed by atoms with Crippen molar-refractivity contribution in [2.75, 3.05) is 5.32 Å². The second-order valence-corrected chi connectivity index (χ2v) is 3.27. The third-order valence-corrected chi connectivity index (χ3v) is 1.53. The molecule has 0 atom stereocenters. The standard InChI is InChI=1S/C11H14NO/c1-9(2)8-11(13)12-10-6-4-3-5-7-10/h3-9H,1-2H3,(H,12,13). The topological polar surface area (TPSA) is 29.1 Å². The Kier molecular flexibility index (Phi) is 3.50. The van der Waals surface area contributed by atoms with Crippen LogP contribution in [0.25, 0.3) is 0 Å². The van der Waals surface area contributed by atoms with Gasteiger partial charge in [0, 0.05) is 5.69 Å². The highest BCUT2D eigenvalue weighted by atomic mass is 16.1. The van der Waals surface area contributed by atoms with Gasteiger partial charge in [-0.25, -0.2) is 0 Å². The number of nitrogens with one attached hydrogen (secondary N) is 1. The Bertz CT molecular complexity index is 267. The summed E-state index contributed by atoms with van der Waals surface area (Å²) in [6.45, 7) is 3.95. The van der Waals surface area contributed by atoms with Crippen molar-refractivity contribution in [3.63, 3.8) is 0 Å². The number of carbonyl (C=O) groups excluding carboxylic acids is 1. The van der Waals surface area contributed by atoms with E-state index >= 15 is 0 Å². The van der Waals surface area contributed by atoms with Crippen LogP contribution in [0, 0.1) is 12.3 Å². The van der Waals surface area contributed by atoms with Crippen molar-refractivity contribution in [1.82, 2.24) is 0 Å². The first-order valence-electron chi connectivity index (χ1n) is 4.39. The molecule has 2 heteroatoms. The van der Waals surface area contributed by atoms with E-state index in [0.717, 1.165) is 5.69 Å². The number of anilines is 1. The lowest BCUT2D eigenvalue weighted by Crippen LogP contribution is -2.14. The Morgan fingerprint density at radius 3 is 2.46 bits per heavy atom. The fourth-order valence-electron chi connectivity index (χ4n) is 1.01. The van der Waals surface area contributed by atoms with Crippen LogP contribution < -0.4 is 5.32 Å². The van der Waals surface area contributed by atoms with Crippen molar-refractivity contribution < 1.29 is 4.79 Å². The van der Waals surface area contributed by atoms with Crippen LogP contribution in [-0.4, -0.2) is 5.91 Å². The van der Waals surface area contributed by atoms with Gasteiger partial charge in [-0.3, -0.25) is 4.79 Å². The number of hydrogen-bond donors (Lipinski definition) is 1. The van der Waals surface area contributed by atoms with Gasteiger partial charge in [0.1, 0.15) is 0 Å². The zero-order chi connectivity index (χ0) is 9.68. The molecule has 0 aliphatic rings. The predicted molar refractivity (Wildman–Crippen MR) is 54.2 cm³/mol. The van der Waals surface area contributed by atoms with Crippen molar-refractivity contribution in [2.45, 2.75) is 13.8 Å². The third kappa shape index (κ3) is 3.74. The molecule has 1 radical (unpaired) electrons. The van der Waals surface area contributed by atoms with Crippen LogP contribution in [0.5, 0.6) is 0 Å². The Balaban J connectivity index is 2.46. The Morgan fingerprint density at radius 1 is 1.31 bits per heavy atom. The monoisotopic (exact) mass is 176 g/mol. The maximum absolute atomic E-state index is 11.3. The van der Waals surface area contributed by atoms with Crippen LogP contribution in [-0.2, 0) is 4.79 Å². The molecule has 1 aromatic carbocycles. The van der Waals surface area contributed by atoms with Crippen molar-refractivity contribution in [3.8, 4) is 0 Å². The molecular weight excluding hydrogens is 162 g/mol. The van der Waals surface area contributed by atoms with Crippen molar-refractivity contribution in [1.29, 1.82) is 0 Å². The number of benzene rings is 1. The van der Waals surface area contributed by atoms with Crippen molar-refractivity contribution >= 4 is 11.6 Å². The summed E-state index contributed by atoms with van der Waals surface area (Å²) in [6, 6.07) is 9.44. The fourth-order valence-corrected chi connectivity index (χ4v) is 1.01. The quantitative estimate of drug-likeness (QED) is 0.753. The van der Waals surface area contributed by atoms with Crippen LogP contribution in [0.1, 0.15) is 13.8 Å². The highest BCUT2D eigenvalue weighted by Crippen LogP contribution is 2.06. The lowest BCUT2D eigenvalue weighted by molar-refractivity contribution is -0.113. The molecule has 0 saturated carbocycles. The van der Waals surface area contributed by atoms with Crippen LogP contribution in [0.15, 0.2) is 30.3 Å². The molecule has 0 heterocycles. The zero-order valence-electron chi connectivity index (χ0n) is 7.95. The van der Waals surface area contributed by atoms with E-state index < -0.39 is 0 Å². The Labute approximate surface area is 79.0 Å². The number of hydrogen-bond acceptors (Lipinski definition) is 1. The first-order chi connectivity index (χ1) is 6.18. The summed E-state index contributed by atoms with van der Waals surface area (Å²) in [5, 5.41) is 2.78. The van der Waals surface area contributed by atoms with Gasteiger partial charge in [0.15, 0.2) is 0 Å². The lowest BCUT2D eigenvalue weighted by Gasteiger charge is -2.05. The SMILES string of the molecule is CC(C)[CH]C(=O)Nc1ccccc1. The summed E-state index contributed by atoms with van der Waals surface area (Å²) in [4.78, 5) is 11.3. The molecule has 13 heavy (non-hydrogen) atoms. The molecule has 0 spiro atoms. The van der Waals surface area contributed by atoms with Crippen molar-refractivity contribution in [3.05, 3.63) is 36.8 Å². The second kappa shape index (κ2) is 4.65. The number of rotatable bonds is 3. The summed E-state index contributed by atoms with van der Waals surface area (Å²) in [6.07, 6.45) is 1.66. The molecule has 0 bridgehead atoms. The summed E-state index contributed by atoms with van der Waals surface area (Å²) in [7, 11) is 0. The Morgan fingerprint density at radius 2 is 1.92 bits per heavy atom. The summed E-state index contributed by atoms with van der Waals surface area (Å²) >= 11 is 0. The molecule has 0 unspecified atom stereocenters. The van der Waals surface area contributed by atoms with Crippen LogP contribution >= 0.6 is 0 Å². The van der Waals surface area contributed by atoms with E-state index in [1.54, 1.807) is 6.42 Å². The average Bonchev–Trinajstić information content (AvgIpc) is 2.04. The van der Waals surface area contributed by atoms with E-state index in [2.05, 4.69) is 5.32 Å². The second-order valence-electron chi connectivity index (χ2n) is 3.27. The minimum absolute atomic E-state index is 0.0406. The molecule has 2 nitrogen and oxygen atoms in total. The van der Waals surface area contributed by atoms with Gasteiger partial charge in [0.05, 0.1) is 6.42 Å². The van der Waals surface area contributed by atoms with Crippen LogP contribution in [0.3, 0.4) is 0 Å². The van der Waals surface area contributed by atoms with Gasteiger partial charge < -0.3 is 5.32 Å². The number of carbonyl (C=O) groups is 1. The van der Waals surface area contributed by atoms with E-state index in [1.165, 1.54) is 0 Å². The fraction of sp³-hybridized carbons (Fsp3) is 0.273. The molecule has 1 aromatic rings. The van der Waals surface area contributed by atoms with E-state index in [1.807, 2.05) is 44.2 Å². The van der Waals surface area contributed by atoms with Gasteiger partial charge in [-0.05, 0) is 18.1 Å². The molecular formula is C11H14NO. The van der Waals surface area contributed by atoms with Gasteiger partial charge in [-0.2, -0.15) is 0 Å². The van der Waals surface area contributed by atoms with Gasteiger partial charge in [0.2, 0.25) is 5.91 Å². The first kappa shape index (κ1) is 9.78. The summed E-state index contributed by atoms with van der Waals surface area (Å²) in [5.41, 5.74) is 0.837. The van der Waals surface area contributed by atoms with Gasteiger partial charge >= 0.3 is 0 Å². The van der Waals surface area contributed by atoms with E-state index in [4.69, 9.17) is 0 Å². The normalized spacial score (nSPS) is 10.1. The Hall–Kier alpha value is -1.31. The molecule has 0 saturated heterocycles. The highest BCUT2D eigenvalue weighted by Gasteiger charge is 2.04. The molecule has 1 rings (SSSR count). The third-order valence-electron chi connectivity index (χ3n) is 1.53. The maximum Gasteiger partial charge on any atom is 0.228 e. The van der Waals surface area contributed by atoms with E-state index in [-0.39, 0.29) is 11.8 Å². The average molecular weight is 176 g/mol. The van der Waals surface area contributed by atoms with Crippen molar-refractivity contribution in [2.24, 2.45) is 5.92 Å². The number of amides is 1. The van der Waals surface area contributed by atoms with Crippen LogP contribution in [0.4, 0.5) is 5.69 Å². The predicted octanol–water partition coefficient (Wildman–Crippen LogP) is 2.49. The molecule has 69 valence electrons. The van der Waals surface area contributed by atoms with Gasteiger partial charge in [-0.15, -0.1) is 0 Å². The molecule has 0 aromatic heterocycles. The molecule has 0 aliphatic carbocycles. The summed E-state index contributed by atoms with van der Waals surface area (Å²) < 4.78 is 0. The number of para-hydroxylation sites is 1. The summed E-state index contributed by atoms with van der Waals surface area (Å²) in [5.74, 6) is 0.241. The van der Waals surface area contributed by atoms with Crippen LogP contribution in [0.2, 0.25) is 0 Å². The molecule has 0 aliphatic heterocycles. The molecule has 1 amide bonds. The molecule has 0 fully saturated rings. The maximum atomic E-state index is 11.3. The smallest absolute Gasteiger partial charge is 0.228 e. The lowest BCUT2D eigenvalue weighted by atomic mass is 10.1. The zero-order valence-corrected chi connectivity index (χ0v) is 7.95. The van der Waals surface area contributed by atoms with Gasteiger partial charge in [-0.1, -0.05) is 32.0 Å². The minimum Gasteiger partial charge on any atom is -0.326 e. The highest BCUT2D eigenvalue weighted by molar-refractivity contribution is 5.97. The largest absolute Gasteiger partial charge is 0.326 e. The minimum atomic E-state index is -0.0406. The van der Waals surface area contributed by atoms with Gasteiger partial charge in [0.25, 0.3) is 0 Å². The van der Waals surface area contributed by atoms with E-state index in [9.17, 15) is 4.79 Å².